The Hall–Kier alpha value is -2.82. The van der Waals surface area contributed by atoms with Gasteiger partial charge in [0.1, 0.15) is 11.5 Å². The van der Waals surface area contributed by atoms with Crippen molar-refractivity contribution in [1.82, 2.24) is 0 Å². The lowest BCUT2D eigenvalue weighted by molar-refractivity contribution is -0.122. The predicted molar refractivity (Wildman–Crippen MR) is 92.8 cm³/mol. The minimum atomic E-state index is -0.626. The first-order valence-electron chi connectivity index (χ1n) is 7.76. The number of hydrogen-bond donors (Lipinski definition) is 1. The SMILES string of the molecule is CCC(Oc1ccc(OC)cc1)C(=O)Nc1cccc(C(C)=O)c1. The van der Waals surface area contributed by atoms with E-state index in [1.807, 2.05) is 6.92 Å². The van der Waals surface area contributed by atoms with Gasteiger partial charge in [-0.1, -0.05) is 19.1 Å². The number of methoxy groups -OCH3 is 1. The molecule has 1 N–H and O–H groups in total. The molecule has 126 valence electrons. The average Bonchev–Trinajstić information content (AvgIpc) is 2.60. The molecule has 0 aliphatic heterocycles. The van der Waals surface area contributed by atoms with Crippen LogP contribution in [0.15, 0.2) is 48.5 Å². The van der Waals surface area contributed by atoms with Crippen LogP contribution in [0.1, 0.15) is 30.6 Å². The zero-order valence-corrected chi connectivity index (χ0v) is 14.0. The highest BCUT2D eigenvalue weighted by atomic mass is 16.5. The summed E-state index contributed by atoms with van der Waals surface area (Å²) in [7, 11) is 1.59. The van der Waals surface area contributed by atoms with Gasteiger partial charge in [0.25, 0.3) is 5.91 Å². The van der Waals surface area contributed by atoms with Crippen LogP contribution in [-0.4, -0.2) is 24.9 Å². The second-order valence-corrected chi connectivity index (χ2v) is 5.32. The number of ketones is 1. The van der Waals surface area contributed by atoms with Crippen LogP contribution in [0.5, 0.6) is 11.5 Å². The first-order chi connectivity index (χ1) is 11.5. The molecule has 0 bridgehead atoms. The third kappa shape index (κ3) is 4.59. The van der Waals surface area contributed by atoms with Gasteiger partial charge in [0.15, 0.2) is 11.9 Å². The Morgan fingerprint density at radius 2 is 1.75 bits per heavy atom. The Morgan fingerprint density at radius 3 is 2.33 bits per heavy atom. The zero-order chi connectivity index (χ0) is 17.5. The summed E-state index contributed by atoms with van der Waals surface area (Å²) in [6.07, 6.45) is -0.107. The molecule has 1 atom stereocenters. The number of nitrogens with one attached hydrogen (secondary N) is 1. The topological polar surface area (TPSA) is 64.6 Å². The number of anilines is 1. The Bertz CT molecular complexity index is 710. The van der Waals surface area contributed by atoms with E-state index in [0.717, 1.165) is 5.75 Å². The number of ether oxygens (including phenoxy) is 2. The van der Waals surface area contributed by atoms with E-state index in [2.05, 4.69) is 5.32 Å². The standard InChI is InChI=1S/C19H21NO4/c1-4-18(24-17-10-8-16(23-3)9-11-17)19(22)20-15-7-5-6-14(12-15)13(2)21/h5-12,18H,4H2,1-3H3,(H,20,22). The van der Waals surface area contributed by atoms with Crippen LogP contribution >= 0.6 is 0 Å². The molecule has 0 saturated heterocycles. The number of hydrogen-bond acceptors (Lipinski definition) is 4. The van der Waals surface area contributed by atoms with E-state index in [0.29, 0.717) is 23.4 Å². The molecule has 0 aliphatic rings. The Labute approximate surface area is 141 Å². The van der Waals surface area contributed by atoms with E-state index >= 15 is 0 Å². The van der Waals surface area contributed by atoms with Gasteiger partial charge in [-0.15, -0.1) is 0 Å². The highest BCUT2D eigenvalue weighted by Gasteiger charge is 2.19. The zero-order valence-electron chi connectivity index (χ0n) is 14.0. The normalized spacial score (nSPS) is 11.5. The molecule has 1 amide bonds. The van der Waals surface area contributed by atoms with Crippen LogP contribution in [0.4, 0.5) is 5.69 Å². The number of rotatable bonds is 7. The number of carbonyl (C=O) groups excluding carboxylic acids is 2. The van der Waals surface area contributed by atoms with Crippen molar-refractivity contribution in [2.75, 3.05) is 12.4 Å². The summed E-state index contributed by atoms with van der Waals surface area (Å²) in [5, 5.41) is 2.79. The van der Waals surface area contributed by atoms with Crippen molar-refractivity contribution in [2.24, 2.45) is 0 Å². The molecule has 24 heavy (non-hydrogen) atoms. The maximum absolute atomic E-state index is 12.4. The fourth-order valence-corrected chi connectivity index (χ4v) is 2.18. The Balaban J connectivity index is 2.05. The van der Waals surface area contributed by atoms with E-state index in [-0.39, 0.29) is 11.7 Å². The maximum Gasteiger partial charge on any atom is 0.265 e. The van der Waals surface area contributed by atoms with Crippen LogP contribution in [-0.2, 0) is 4.79 Å². The molecule has 0 aromatic heterocycles. The van der Waals surface area contributed by atoms with Gasteiger partial charge in [0.2, 0.25) is 0 Å². The van der Waals surface area contributed by atoms with Gasteiger partial charge >= 0.3 is 0 Å². The summed E-state index contributed by atoms with van der Waals surface area (Å²) in [5.41, 5.74) is 1.13. The van der Waals surface area contributed by atoms with Gasteiger partial charge in [-0.25, -0.2) is 0 Å². The molecule has 0 heterocycles. The predicted octanol–water partition coefficient (Wildman–Crippen LogP) is 3.69. The summed E-state index contributed by atoms with van der Waals surface area (Å²) in [6, 6.07) is 13.9. The number of carbonyl (C=O) groups is 2. The molecule has 0 aliphatic carbocycles. The summed E-state index contributed by atoms with van der Waals surface area (Å²) in [5.74, 6) is 1.01. The number of amides is 1. The van der Waals surface area contributed by atoms with Gasteiger partial charge in [0, 0.05) is 11.3 Å². The third-order valence-corrected chi connectivity index (χ3v) is 3.54. The molecule has 0 saturated carbocycles. The summed E-state index contributed by atoms with van der Waals surface area (Å²) >= 11 is 0. The molecule has 1 unspecified atom stereocenters. The van der Waals surface area contributed by atoms with E-state index in [4.69, 9.17) is 9.47 Å². The molecule has 0 radical (unpaired) electrons. The monoisotopic (exact) mass is 327 g/mol. The van der Waals surface area contributed by atoms with Crippen LogP contribution in [0.25, 0.3) is 0 Å². The third-order valence-electron chi connectivity index (χ3n) is 3.54. The molecule has 2 rings (SSSR count). The van der Waals surface area contributed by atoms with Crippen molar-refractivity contribution in [2.45, 2.75) is 26.4 Å². The average molecular weight is 327 g/mol. The molecule has 0 spiro atoms. The van der Waals surface area contributed by atoms with Gasteiger partial charge in [-0.2, -0.15) is 0 Å². The van der Waals surface area contributed by atoms with Gasteiger partial charge < -0.3 is 14.8 Å². The molecule has 2 aromatic carbocycles. The molecule has 0 fully saturated rings. The van der Waals surface area contributed by atoms with E-state index in [1.54, 1.807) is 55.6 Å². The Morgan fingerprint density at radius 1 is 1.08 bits per heavy atom. The second-order valence-electron chi connectivity index (χ2n) is 5.32. The lowest BCUT2D eigenvalue weighted by Gasteiger charge is -2.17. The minimum Gasteiger partial charge on any atom is -0.497 e. The minimum absolute atomic E-state index is 0.0485. The largest absolute Gasteiger partial charge is 0.497 e. The fraction of sp³-hybridized carbons (Fsp3) is 0.263. The van der Waals surface area contributed by atoms with Gasteiger partial charge in [0.05, 0.1) is 7.11 Å². The quantitative estimate of drug-likeness (QED) is 0.788. The van der Waals surface area contributed by atoms with Crippen molar-refractivity contribution in [3.63, 3.8) is 0 Å². The highest BCUT2D eigenvalue weighted by molar-refractivity contribution is 5.98. The first kappa shape index (κ1) is 17.5. The summed E-state index contributed by atoms with van der Waals surface area (Å²) < 4.78 is 10.8. The van der Waals surface area contributed by atoms with Crippen LogP contribution in [0, 0.1) is 0 Å². The van der Waals surface area contributed by atoms with Crippen molar-refractivity contribution < 1.29 is 19.1 Å². The van der Waals surface area contributed by atoms with Crippen LogP contribution < -0.4 is 14.8 Å². The van der Waals surface area contributed by atoms with Crippen molar-refractivity contribution in [1.29, 1.82) is 0 Å². The van der Waals surface area contributed by atoms with E-state index in [9.17, 15) is 9.59 Å². The highest BCUT2D eigenvalue weighted by Crippen LogP contribution is 2.20. The maximum atomic E-state index is 12.4. The lowest BCUT2D eigenvalue weighted by Crippen LogP contribution is -2.32. The van der Waals surface area contributed by atoms with Crippen LogP contribution in [0.3, 0.4) is 0 Å². The summed E-state index contributed by atoms with van der Waals surface area (Å²) in [6.45, 7) is 3.36. The van der Waals surface area contributed by atoms with Gasteiger partial charge in [-0.05, 0) is 49.7 Å². The van der Waals surface area contributed by atoms with Crippen molar-refractivity contribution in [3.8, 4) is 11.5 Å². The van der Waals surface area contributed by atoms with E-state index < -0.39 is 6.10 Å². The van der Waals surface area contributed by atoms with Gasteiger partial charge in [-0.3, -0.25) is 9.59 Å². The molecule has 2 aromatic rings. The molecule has 5 nitrogen and oxygen atoms in total. The van der Waals surface area contributed by atoms with E-state index in [1.165, 1.54) is 6.92 Å². The molecule has 5 heteroatoms. The summed E-state index contributed by atoms with van der Waals surface area (Å²) in [4.78, 5) is 23.8. The first-order valence-corrected chi connectivity index (χ1v) is 7.76. The van der Waals surface area contributed by atoms with Crippen molar-refractivity contribution in [3.05, 3.63) is 54.1 Å². The molecular weight excluding hydrogens is 306 g/mol. The fourth-order valence-electron chi connectivity index (χ4n) is 2.18. The second kappa shape index (κ2) is 8.15. The molecular formula is C19H21NO4. The Kier molecular flexibility index (Phi) is 5.95. The smallest absolute Gasteiger partial charge is 0.265 e. The lowest BCUT2D eigenvalue weighted by atomic mass is 10.1. The number of benzene rings is 2. The van der Waals surface area contributed by atoms with Crippen LogP contribution in [0.2, 0.25) is 0 Å². The van der Waals surface area contributed by atoms with Crippen molar-refractivity contribution >= 4 is 17.4 Å². The number of Topliss-reactive ketones (excluding diaryl/α,β-unsaturated/α-hetero) is 1.